The summed E-state index contributed by atoms with van der Waals surface area (Å²) < 4.78 is 23.8. The molecule has 0 radical (unpaired) electrons. The predicted molar refractivity (Wildman–Crippen MR) is 199 cm³/mol. The summed E-state index contributed by atoms with van der Waals surface area (Å²) >= 11 is 0. The van der Waals surface area contributed by atoms with E-state index < -0.39 is 38.5 Å². The Balaban J connectivity index is 1.70. The average molecular weight is 763 g/mol. The number of benzene rings is 2. The zero-order valence-electron chi connectivity index (χ0n) is 31.4. The number of aldehydes is 2. The molecular formula is C37H55N4O11P. The van der Waals surface area contributed by atoms with E-state index in [1.54, 1.807) is 27.7 Å². The van der Waals surface area contributed by atoms with Gasteiger partial charge in [-0.3, -0.25) is 38.6 Å². The van der Waals surface area contributed by atoms with Crippen LogP contribution >= 0.6 is 7.82 Å². The minimum absolute atomic E-state index is 0.0509. The number of aliphatic hydroxyl groups is 1. The molecule has 53 heavy (non-hydrogen) atoms. The van der Waals surface area contributed by atoms with Gasteiger partial charge in [-0.05, 0) is 93.0 Å². The van der Waals surface area contributed by atoms with Gasteiger partial charge in [0.05, 0.1) is 32.3 Å². The molecule has 15 nitrogen and oxygen atoms in total. The van der Waals surface area contributed by atoms with E-state index >= 15 is 0 Å². The number of aliphatic carboxylic acids is 2. The third-order valence-corrected chi connectivity index (χ3v) is 10.5. The van der Waals surface area contributed by atoms with Crippen LogP contribution in [0, 0.1) is 34.6 Å². The van der Waals surface area contributed by atoms with Crippen molar-refractivity contribution in [2.24, 2.45) is 0 Å². The molecule has 1 unspecified atom stereocenters. The number of hydrogen-bond acceptors (Lipinski definition) is 12. The van der Waals surface area contributed by atoms with E-state index in [2.05, 4.69) is 26.0 Å². The largest absolute Gasteiger partial charge is 0.527 e. The van der Waals surface area contributed by atoms with Gasteiger partial charge in [-0.25, -0.2) is 4.57 Å². The highest BCUT2D eigenvalue weighted by Crippen LogP contribution is 2.46. The molecule has 1 aliphatic rings. The molecule has 0 bridgehead atoms. The molecule has 3 rings (SSSR count). The number of carboxylic acid groups (broad SMARTS) is 2. The smallest absolute Gasteiger partial charge is 0.480 e. The van der Waals surface area contributed by atoms with E-state index in [1.807, 2.05) is 24.8 Å². The Labute approximate surface area is 311 Å². The summed E-state index contributed by atoms with van der Waals surface area (Å²) in [7, 11) is -4.58. The number of hydrogen-bond donors (Lipinski definition) is 4. The van der Waals surface area contributed by atoms with Gasteiger partial charge < -0.3 is 29.4 Å². The van der Waals surface area contributed by atoms with Gasteiger partial charge in [0.1, 0.15) is 24.4 Å². The summed E-state index contributed by atoms with van der Waals surface area (Å²) in [6.45, 7) is 11.0. The number of phosphoric acid groups is 1. The maximum absolute atomic E-state index is 13.0. The minimum Gasteiger partial charge on any atom is -0.480 e. The van der Waals surface area contributed by atoms with E-state index in [-0.39, 0.29) is 71.0 Å². The van der Waals surface area contributed by atoms with Crippen LogP contribution in [0.1, 0.15) is 40.7 Å². The number of phosphoric ester groups is 1. The van der Waals surface area contributed by atoms with Gasteiger partial charge in [0, 0.05) is 52.4 Å². The Morgan fingerprint density at radius 2 is 1.42 bits per heavy atom. The molecular weight excluding hydrogens is 707 g/mol. The highest BCUT2D eigenvalue weighted by molar-refractivity contribution is 7.47. The van der Waals surface area contributed by atoms with Gasteiger partial charge >= 0.3 is 19.8 Å². The van der Waals surface area contributed by atoms with E-state index in [9.17, 15) is 44.0 Å². The molecule has 0 aliphatic carbocycles. The van der Waals surface area contributed by atoms with Crippen molar-refractivity contribution < 1.29 is 53.0 Å². The van der Waals surface area contributed by atoms with E-state index in [1.165, 1.54) is 0 Å². The molecule has 2 aromatic rings. The second-order valence-electron chi connectivity index (χ2n) is 13.7. The van der Waals surface area contributed by atoms with Crippen molar-refractivity contribution in [2.75, 3.05) is 78.7 Å². The van der Waals surface area contributed by atoms with Crippen LogP contribution in [-0.4, -0.2) is 155 Å². The van der Waals surface area contributed by atoms with E-state index in [0.717, 1.165) is 39.7 Å². The number of aryl methyl sites for hydroxylation is 5. The van der Waals surface area contributed by atoms with E-state index in [4.69, 9.17) is 9.05 Å². The molecule has 0 aromatic heterocycles. The van der Waals surface area contributed by atoms with Gasteiger partial charge in [-0.2, -0.15) is 0 Å². The fourth-order valence-corrected chi connectivity index (χ4v) is 7.74. The number of carboxylic acids is 2. The monoisotopic (exact) mass is 762 g/mol. The molecule has 0 saturated carbocycles. The molecule has 0 amide bonds. The van der Waals surface area contributed by atoms with Crippen LogP contribution in [0.4, 0.5) is 0 Å². The number of rotatable bonds is 17. The molecule has 3 atom stereocenters. The fraction of sp³-hybridized carbons (Fsp3) is 0.568. The molecule has 2 aromatic carbocycles. The van der Waals surface area contributed by atoms with Crippen LogP contribution in [0.2, 0.25) is 0 Å². The number of carbonyl (C=O) groups is 4. The quantitative estimate of drug-likeness (QED) is 0.104. The molecule has 16 heteroatoms. The van der Waals surface area contributed by atoms with Crippen LogP contribution in [0.3, 0.4) is 0 Å². The van der Waals surface area contributed by atoms with Gasteiger partial charge in [-0.15, -0.1) is 0 Å². The minimum atomic E-state index is -4.58. The van der Waals surface area contributed by atoms with Crippen LogP contribution in [0.25, 0.3) is 11.1 Å². The summed E-state index contributed by atoms with van der Waals surface area (Å²) in [5.41, 5.74) is 7.01. The van der Waals surface area contributed by atoms with Crippen molar-refractivity contribution in [3.05, 3.63) is 52.1 Å². The fourth-order valence-electron chi connectivity index (χ4n) is 6.88. The molecule has 0 spiro atoms. The van der Waals surface area contributed by atoms with Crippen molar-refractivity contribution in [3.8, 4) is 16.9 Å². The summed E-state index contributed by atoms with van der Waals surface area (Å²) in [5.74, 6) is -1.99. The first-order valence-corrected chi connectivity index (χ1v) is 19.3. The van der Waals surface area contributed by atoms with Gasteiger partial charge in [0.25, 0.3) is 0 Å². The highest BCUT2D eigenvalue weighted by Gasteiger charge is 2.30. The molecule has 294 valence electrons. The number of nitrogens with zero attached hydrogens (tertiary/aromatic N) is 4. The Bertz CT molecular complexity index is 1600. The third-order valence-electron chi connectivity index (χ3n) is 9.60. The normalized spacial score (nSPS) is 18.2. The maximum Gasteiger partial charge on any atom is 0.527 e. The van der Waals surface area contributed by atoms with Crippen molar-refractivity contribution in [2.45, 2.75) is 59.5 Å². The summed E-state index contributed by atoms with van der Waals surface area (Å²) in [5, 5.41) is 29.5. The van der Waals surface area contributed by atoms with Crippen molar-refractivity contribution in [1.82, 2.24) is 19.6 Å². The highest BCUT2D eigenvalue weighted by atomic mass is 31.2. The number of aliphatic hydroxyl groups excluding tert-OH is 1. The first kappa shape index (κ1) is 43.9. The lowest BCUT2D eigenvalue weighted by atomic mass is 9.90. The Morgan fingerprint density at radius 1 is 0.830 bits per heavy atom. The first-order valence-electron chi connectivity index (χ1n) is 17.8. The Kier molecular flexibility index (Phi) is 17.2. The van der Waals surface area contributed by atoms with Crippen molar-refractivity contribution >= 4 is 32.3 Å². The van der Waals surface area contributed by atoms with Gasteiger partial charge in [0.15, 0.2) is 0 Å². The lowest BCUT2D eigenvalue weighted by molar-refractivity contribution is -0.144. The lowest BCUT2D eigenvalue weighted by Crippen LogP contribution is -2.52. The Morgan fingerprint density at radius 3 is 1.94 bits per heavy atom. The van der Waals surface area contributed by atoms with Crippen LogP contribution in [0.5, 0.6) is 5.75 Å². The number of carbonyl (C=O) groups excluding carboxylic acids is 2. The van der Waals surface area contributed by atoms with Crippen LogP contribution < -0.4 is 4.52 Å². The summed E-state index contributed by atoms with van der Waals surface area (Å²) in [4.78, 5) is 64.8. The zero-order valence-corrected chi connectivity index (χ0v) is 32.3. The van der Waals surface area contributed by atoms with Gasteiger partial charge in [-0.1, -0.05) is 17.7 Å². The topological polar surface area (TPSA) is 198 Å². The Hall–Kier alpha value is -3.53. The molecule has 4 N–H and O–H groups in total. The molecule has 1 heterocycles. The maximum atomic E-state index is 13.0. The van der Waals surface area contributed by atoms with Gasteiger partial charge in [0.2, 0.25) is 0 Å². The summed E-state index contributed by atoms with van der Waals surface area (Å²) in [6, 6.07) is 6.03. The van der Waals surface area contributed by atoms with Crippen LogP contribution in [-0.2, 0) is 28.3 Å². The van der Waals surface area contributed by atoms with E-state index in [0.29, 0.717) is 31.5 Å². The zero-order chi connectivity index (χ0) is 39.3. The SMILES string of the molecule is Cc1cc(C)c(-c2cc(C)c(OP(=O)(O)OCCC[C@H](C(=O)O)N3CCN(CC=O)CCN([C@@H](C=O)CO)CCN(CC(=O)O)CC3)cc2C)c(C)c1. The van der Waals surface area contributed by atoms with Crippen LogP contribution in [0.15, 0.2) is 24.3 Å². The van der Waals surface area contributed by atoms with Crippen molar-refractivity contribution in [1.29, 1.82) is 0 Å². The molecule has 1 aliphatic heterocycles. The average Bonchev–Trinajstić information content (AvgIpc) is 3.06. The first-order chi connectivity index (χ1) is 25.1. The lowest BCUT2D eigenvalue weighted by Gasteiger charge is -2.36. The summed E-state index contributed by atoms with van der Waals surface area (Å²) in [6.07, 6.45) is 1.53. The molecule has 1 fully saturated rings. The second kappa shape index (κ2) is 20.8. The standard InChI is InChI=1S/C37H55N4O11P/c1-26-19-29(4)36(30(5)20-26)32-21-28(3)34(22-27(32)2)52-53(49,50)51-18-6-7-33(37(47)48)41-14-9-38(16-17-42)8-12-40(31(24-43)25-44)13-10-39(11-15-41)23-35(45)46/h17,19-22,24,31,33,44H,6-16,18,23,25H2,1-5H3,(H,45,46)(H,47,48)(H,49,50)/t31-,33+/m0/s1. The predicted octanol–water partition coefficient (Wildman–Crippen LogP) is 2.69. The third kappa shape index (κ3) is 13.4. The second-order valence-corrected chi connectivity index (χ2v) is 15.1. The van der Waals surface area contributed by atoms with Crippen molar-refractivity contribution in [3.63, 3.8) is 0 Å². The molecule has 1 saturated heterocycles.